The summed E-state index contributed by atoms with van der Waals surface area (Å²) in [7, 11) is 3.17. The number of hydrogen-bond acceptors (Lipinski definition) is 2. The fourth-order valence-electron chi connectivity index (χ4n) is 1.27. The third-order valence-electron chi connectivity index (χ3n) is 2.32. The number of likely N-dealkylation sites (N-methyl/N-ethyl adjacent to an activating group) is 1. The van der Waals surface area contributed by atoms with Crippen molar-refractivity contribution in [3.05, 3.63) is 35.9 Å². The van der Waals surface area contributed by atoms with E-state index >= 15 is 0 Å². The second-order valence-corrected chi connectivity index (χ2v) is 3.96. The maximum absolute atomic E-state index is 13.6. The molecule has 0 aliphatic carbocycles. The highest BCUT2D eigenvalue weighted by Crippen LogP contribution is 2.26. The molecule has 0 saturated heterocycles. The fourth-order valence-corrected chi connectivity index (χ4v) is 1.27. The quantitative estimate of drug-likeness (QED) is 0.847. The molecule has 5 heteroatoms. The van der Waals surface area contributed by atoms with Gasteiger partial charge in [0, 0.05) is 19.7 Å². The van der Waals surface area contributed by atoms with Crippen LogP contribution in [0, 0.1) is 0 Å². The number of carbonyl (C=O) groups excluding carboxylic acids is 1. The maximum Gasteiger partial charge on any atom is 0.285 e. The minimum absolute atomic E-state index is 0.0511. The van der Waals surface area contributed by atoms with Crippen molar-refractivity contribution in [1.82, 2.24) is 10.2 Å². The van der Waals surface area contributed by atoms with Crippen LogP contribution in [-0.4, -0.2) is 38.0 Å². The minimum atomic E-state index is -2.96. The first-order valence-electron chi connectivity index (χ1n) is 5.28. The van der Waals surface area contributed by atoms with Gasteiger partial charge in [-0.05, 0) is 0 Å². The van der Waals surface area contributed by atoms with Gasteiger partial charge in [-0.3, -0.25) is 4.79 Å². The molecule has 1 N–H and O–H groups in total. The number of nitrogens with zero attached hydrogens (tertiary/aromatic N) is 1. The molecule has 1 amide bonds. The van der Waals surface area contributed by atoms with E-state index in [1.165, 1.54) is 17.0 Å². The predicted molar refractivity (Wildman–Crippen MR) is 61.9 cm³/mol. The molecule has 94 valence electrons. The lowest BCUT2D eigenvalue weighted by molar-refractivity contribution is -0.128. The van der Waals surface area contributed by atoms with E-state index in [2.05, 4.69) is 5.32 Å². The topological polar surface area (TPSA) is 32.3 Å². The lowest BCUT2D eigenvalue weighted by Gasteiger charge is -2.18. The third-order valence-corrected chi connectivity index (χ3v) is 2.32. The molecule has 0 fully saturated rings. The predicted octanol–water partition coefficient (Wildman–Crippen LogP) is 1.46. The van der Waals surface area contributed by atoms with E-state index in [1.807, 2.05) is 0 Å². The Hall–Kier alpha value is -1.49. The lowest BCUT2D eigenvalue weighted by atomic mass is 10.1. The van der Waals surface area contributed by atoms with Crippen LogP contribution < -0.4 is 5.32 Å². The van der Waals surface area contributed by atoms with E-state index in [4.69, 9.17) is 0 Å². The molecule has 0 aliphatic rings. The van der Waals surface area contributed by atoms with Crippen LogP contribution in [-0.2, 0) is 10.7 Å². The van der Waals surface area contributed by atoms with Gasteiger partial charge in [-0.1, -0.05) is 30.3 Å². The van der Waals surface area contributed by atoms with Crippen molar-refractivity contribution >= 4 is 5.91 Å². The largest absolute Gasteiger partial charge is 0.348 e. The number of carbonyl (C=O) groups is 1. The Bertz CT molecular complexity index is 366. The molecular formula is C12H16F2N2O. The first-order chi connectivity index (χ1) is 7.93. The van der Waals surface area contributed by atoms with E-state index in [-0.39, 0.29) is 18.0 Å². The Morgan fingerprint density at radius 2 is 1.88 bits per heavy atom. The second-order valence-electron chi connectivity index (χ2n) is 3.96. The van der Waals surface area contributed by atoms with Crippen LogP contribution in [0.15, 0.2) is 30.3 Å². The third kappa shape index (κ3) is 4.11. The van der Waals surface area contributed by atoms with E-state index in [9.17, 15) is 13.6 Å². The zero-order valence-electron chi connectivity index (χ0n) is 9.91. The number of rotatable bonds is 5. The summed E-state index contributed by atoms with van der Waals surface area (Å²) in [5.74, 6) is -3.19. The standard InChI is InChI=1S/C12H16F2N2O/c1-16(2)11(17)8-15-9-12(13,14)10-6-4-3-5-7-10/h3-7,15H,8-9H2,1-2H3. The summed E-state index contributed by atoms with van der Waals surface area (Å²) in [6, 6.07) is 7.55. The lowest BCUT2D eigenvalue weighted by Crippen LogP contribution is -2.38. The summed E-state index contributed by atoms with van der Waals surface area (Å²) in [5, 5.41) is 2.46. The number of nitrogens with one attached hydrogen (secondary N) is 1. The number of benzene rings is 1. The van der Waals surface area contributed by atoms with E-state index in [0.717, 1.165) is 0 Å². The highest BCUT2D eigenvalue weighted by atomic mass is 19.3. The van der Waals surface area contributed by atoms with Gasteiger partial charge in [0.1, 0.15) is 0 Å². The molecule has 1 aromatic carbocycles. The summed E-state index contributed by atoms with van der Waals surface area (Å²) < 4.78 is 27.2. The molecule has 1 aromatic rings. The van der Waals surface area contributed by atoms with E-state index in [1.54, 1.807) is 32.3 Å². The molecule has 0 heterocycles. The molecule has 0 atom stereocenters. The highest BCUT2D eigenvalue weighted by molar-refractivity contribution is 5.77. The van der Waals surface area contributed by atoms with Crippen LogP contribution >= 0.6 is 0 Å². The number of alkyl halides is 2. The molecule has 0 aliphatic heterocycles. The average Bonchev–Trinajstić information content (AvgIpc) is 2.29. The summed E-state index contributed by atoms with van der Waals surface area (Å²) in [5.41, 5.74) is -0.0511. The van der Waals surface area contributed by atoms with Crippen molar-refractivity contribution in [1.29, 1.82) is 0 Å². The molecule has 17 heavy (non-hydrogen) atoms. The van der Waals surface area contributed by atoms with Crippen molar-refractivity contribution in [2.75, 3.05) is 27.2 Å². The number of halogens is 2. The second kappa shape index (κ2) is 5.72. The Morgan fingerprint density at radius 3 is 2.41 bits per heavy atom. The summed E-state index contributed by atoms with van der Waals surface area (Å²) in [6.45, 7) is -0.633. The molecule has 0 bridgehead atoms. The highest BCUT2D eigenvalue weighted by Gasteiger charge is 2.30. The normalized spacial score (nSPS) is 11.3. The summed E-state index contributed by atoms with van der Waals surface area (Å²) >= 11 is 0. The Morgan fingerprint density at radius 1 is 1.29 bits per heavy atom. The van der Waals surface area contributed by atoms with Gasteiger partial charge in [0.15, 0.2) is 0 Å². The van der Waals surface area contributed by atoms with Gasteiger partial charge in [0.2, 0.25) is 5.91 Å². The van der Waals surface area contributed by atoms with Crippen molar-refractivity contribution in [3.63, 3.8) is 0 Å². The van der Waals surface area contributed by atoms with Crippen molar-refractivity contribution in [2.45, 2.75) is 5.92 Å². The SMILES string of the molecule is CN(C)C(=O)CNCC(F)(F)c1ccccc1. The zero-order chi connectivity index (χ0) is 12.9. The van der Waals surface area contributed by atoms with Gasteiger partial charge >= 0.3 is 0 Å². The number of amides is 1. The van der Waals surface area contributed by atoms with Crippen LogP contribution in [0.4, 0.5) is 8.78 Å². The molecule has 0 spiro atoms. The monoisotopic (exact) mass is 242 g/mol. The molecule has 0 radical (unpaired) electrons. The van der Waals surface area contributed by atoms with Crippen LogP contribution in [0.25, 0.3) is 0 Å². The number of hydrogen-bond donors (Lipinski definition) is 1. The Labute approximate surface area is 99.4 Å². The molecule has 0 unspecified atom stereocenters. The van der Waals surface area contributed by atoms with Gasteiger partial charge in [0.25, 0.3) is 5.92 Å². The van der Waals surface area contributed by atoms with Crippen LogP contribution in [0.1, 0.15) is 5.56 Å². The molecule has 0 aromatic heterocycles. The minimum Gasteiger partial charge on any atom is -0.348 e. The van der Waals surface area contributed by atoms with E-state index in [0.29, 0.717) is 0 Å². The van der Waals surface area contributed by atoms with Crippen molar-refractivity contribution in [2.24, 2.45) is 0 Å². The molecule has 3 nitrogen and oxygen atoms in total. The molecule has 1 rings (SSSR count). The Kier molecular flexibility index (Phi) is 4.57. The summed E-state index contributed by atoms with van der Waals surface area (Å²) in [6.07, 6.45) is 0. The molecular weight excluding hydrogens is 226 g/mol. The maximum atomic E-state index is 13.6. The van der Waals surface area contributed by atoms with Crippen LogP contribution in [0.2, 0.25) is 0 Å². The van der Waals surface area contributed by atoms with Crippen molar-refractivity contribution in [3.8, 4) is 0 Å². The van der Waals surface area contributed by atoms with Crippen LogP contribution in [0.5, 0.6) is 0 Å². The van der Waals surface area contributed by atoms with E-state index < -0.39 is 12.5 Å². The average molecular weight is 242 g/mol. The van der Waals surface area contributed by atoms with Gasteiger partial charge in [-0.15, -0.1) is 0 Å². The smallest absolute Gasteiger partial charge is 0.285 e. The van der Waals surface area contributed by atoms with Gasteiger partial charge in [-0.2, -0.15) is 8.78 Å². The van der Waals surface area contributed by atoms with Crippen LogP contribution in [0.3, 0.4) is 0 Å². The fraction of sp³-hybridized carbons (Fsp3) is 0.417. The first-order valence-corrected chi connectivity index (χ1v) is 5.28. The van der Waals surface area contributed by atoms with Gasteiger partial charge in [0.05, 0.1) is 13.1 Å². The summed E-state index contributed by atoms with van der Waals surface area (Å²) in [4.78, 5) is 12.5. The Balaban J connectivity index is 2.48. The van der Waals surface area contributed by atoms with Gasteiger partial charge in [-0.25, -0.2) is 0 Å². The zero-order valence-corrected chi connectivity index (χ0v) is 9.91. The molecule has 0 saturated carbocycles. The van der Waals surface area contributed by atoms with Crippen molar-refractivity contribution < 1.29 is 13.6 Å². The first kappa shape index (κ1) is 13.6. The van der Waals surface area contributed by atoms with Gasteiger partial charge < -0.3 is 10.2 Å².